The third-order valence-corrected chi connectivity index (χ3v) is 4.35. The average molecular weight is 407 g/mol. The van der Waals surface area contributed by atoms with Crippen LogP contribution in [-0.4, -0.2) is 44.2 Å². The topological polar surface area (TPSA) is 88.6 Å². The summed E-state index contributed by atoms with van der Waals surface area (Å²) in [5.41, 5.74) is 1.89. The van der Waals surface area contributed by atoms with Crippen LogP contribution in [-0.2, 0) is 0 Å². The Morgan fingerprint density at radius 1 is 0.967 bits per heavy atom. The third kappa shape index (κ3) is 4.78. The molecule has 3 rings (SSSR count). The molecule has 3 aromatic rings. The lowest BCUT2D eigenvalue weighted by atomic mass is 10.1. The third-order valence-electron chi connectivity index (χ3n) is 4.35. The summed E-state index contributed by atoms with van der Waals surface area (Å²) in [5, 5.41) is 6.13. The normalized spacial score (nSPS) is 10.3. The zero-order valence-corrected chi connectivity index (χ0v) is 17.7. The number of carbonyl (C=O) groups excluding carboxylic acids is 1. The zero-order valence-electron chi connectivity index (χ0n) is 17.7. The fourth-order valence-electron chi connectivity index (χ4n) is 2.89. The Kier molecular flexibility index (Phi) is 6.36. The zero-order chi connectivity index (χ0) is 21.7. The molecule has 1 amide bonds. The van der Waals surface area contributed by atoms with E-state index in [4.69, 9.17) is 9.47 Å². The van der Waals surface area contributed by atoms with Crippen LogP contribution in [0.2, 0.25) is 0 Å². The van der Waals surface area contributed by atoms with Gasteiger partial charge in [0.15, 0.2) is 11.5 Å². The van der Waals surface area contributed by atoms with Crippen LogP contribution in [0.1, 0.15) is 16.2 Å². The Hall–Kier alpha value is -3.81. The van der Waals surface area contributed by atoms with Crippen molar-refractivity contribution in [1.82, 2.24) is 9.97 Å². The van der Waals surface area contributed by atoms with Gasteiger partial charge in [-0.1, -0.05) is 6.07 Å². The number of rotatable bonds is 7. The van der Waals surface area contributed by atoms with E-state index in [0.29, 0.717) is 34.4 Å². The van der Waals surface area contributed by atoms with Gasteiger partial charge in [0, 0.05) is 31.5 Å². The molecule has 1 aromatic heterocycles. The molecule has 8 nitrogen and oxygen atoms in total. The van der Waals surface area contributed by atoms with E-state index >= 15 is 0 Å². The molecule has 0 atom stereocenters. The maximum Gasteiger partial charge on any atom is 0.259 e. The average Bonchev–Trinajstić information content (AvgIpc) is 2.73. The number of amides is 1. The molecule has 0 unspecified atom stereocenters. The molecule has 2 N–H and O–H groups in total. The van der Waals surface area contributed by atoms with E-state index in [1.807, 2.05) is 56.3 Å². The van der Waals surface area contributed by atoms with E-state index in [-0.39, 0.29) is 5.91 Å². The molecule has 0 aliphatic rings. The lowest BCUT2D eigenvalue weighted by molar-refractivity contribution is 0.102. The molecule has 0 saturated heterocycles. The van der Waals surface area contributed by atoms with E-state index in [1.54, 1.807) is 18.2 Å². The van der Waals surface area contributed by atoms with Crippen molar-refractivity contribution in [3.8, 4) is 11.5 Å². The number of para-hydroxylation sites is 1. The standard InChI is InChI=1S/C22H25N5O3/c1-14-23-19(13-20(24-14)27(2)3)25-15-9-11-16(12-10-15)26-22(28)17-7-6-8-18(29-4)21(17)30-5/h6-13H,1-5H3,(H,26,28)(H,23,24,25). The highest BCUT2D eigenvalue weighted by Gasteiger charge is 2.16. The first-order valence-corrected chi connectivity index (χ1v) is 9.33. The van der Waals surface area contributed by atoms with Crippen LogP contribution in [0, 0.1) is 6.92 Å². The van der Waals surface area contributed by atoms with Crippen LogP contribution in [0.3, 0.4) is 0 Å². The van der Waals surface area contributed by atoms with Gasteiger partial charge in [-0.05, 0) is 43.3 Å². The molecule has 0 bridgehead atoms. The lowest BCUT2D eigenvalue weighted by Gasteiger charge is -2.14. The van der Waals surface area contributed by atoms with Crippen LogP contribution in [0.25, 0.3) is 0 Å². The van der Waals surface area contributed by atoms with Crippen LogP contribution < -0.4 is 25.0 Å². The number of anilines is 4. The summed E-state index contributed by atoms with van der Waals surface area (Å²) in [6, 6.07) is 14.4. The van der Waals surface area contributed by atoms with Gasteiger partial charge < -0.3 is 25.0 Å². The number of methoxy groups -OCH3 is 2. The summed E-state index contributed by atoms with van der Waals surface area (Å²) in [5.74, 6) is 2.81. The van der Waals surface area contributed by atoms with Crippen LogP contribution in [0.4, 0.5) is 23.0 Å². The number of hydrogen-bond acceptors (Lipinski definition) is 7. The summed E-state index contributed by atoms with van der Waals surface area (Å²) in [6.07, 6.45) is 0. The molecule has 0 saturated carbocycles. The Morgan fingerprint density at radius 2 is 1.67 bits per heavy atom. The molecule has 1 heterocycles. The quantitative estimate of drug-likeness (QED) is 0.615. The van der Waals surface area contributed by atoms with Crippen LogP contribution in [0.15, 0.2) is 48.5 Å². The van der Waals surface area contributed by atoms with Gasteiger partial charge >= 0.3 is 0 Å². The first-order chi connectivity index (χ1) is 14.4. The van der Waals surface area contributed by atoms with Gasteiger partial charge in [-0.3, -0.25) is 4.79 Å². The van der Waals surface area contributed by atoms with Gasteiger partial charge in [-0.15, -0.1) is 0 Å². The van der Waals surface area contributed by atoms with E-state index in [9.17, 15) is 4.79 Å². The first kappa shape index (κ1) is 20.9. The van der Waals surface area contributed by atoms with E-state index in [1.165, 1.54) is 14.2 Å². The van der Waals surface area contributed by atoms with Crippen molar-refractivity contribution < 1.29 is 14.3 Å². The molecule has 0 aliphatic heterocycles. The number of nitrogens with one attached hydrogen (secondary N) is 2. The van der Waals surface area contributed by atoms with Crippen molar-refractivity contribution >= 4 is 28.9 Å². The SMILES string of the molecule is COc1cccc(C(=O)Nc2ccc(Nc3cc(N(C)C)nc(C)n3)cc2)c1OC. The van der Waals surface area contributed by atoms with Gasteiger partial charge in [-0.25, -0.2) is 9.97 Å². The van der Waals surface area contributed by atoms with Crippen LogP contribution >= 0.6 is 0 Å². The molecule has 30 heavy (non-hydrogen) atoms. The molecule has 8 heteroatoms. The number of aromatic nitrogens is 2. The molecule has 0 fully saturated rings. The molecule has 0 spiro atoms. The minimum absolute atomic E-state index is 0.284. The maximum atomic E-state index is 12.7. The minimum atomic E-state index is -0.284. The molecule has 156 valence electrons. The number of benzene rings is 2. The van der Waals surface area contributed by atoms with Gasteiger partial charge in [0.05, 0.1) is 19.8 Å². The monoisotopic (exact) mass is 407 g/mol. The van der Waals surface area contributed by atoms with Crippen LogP contribution in [0.5, 0.6) is 11.5 Å². The Bertz CT molecular complexity index is 1040. The Morgan fingerprint density at radius 3 is 2.30 bits per heavy atom. The van der Waals surface area contributed by atoms with E-state index in [2.05, 4.69) is 20.6 Å². The maximum absolute atomic E-state index is 12.7. The predicted molar refractivity (Wildman–Crippen MR) is 118 cm³/mol. The van der Waals surface area contributed by atoms with Gasteiger partial charge in [0.1, 0.15) is 17.5 Å². The largest absolute Gasteiger partial charge is 0.493 e. The summed E-state index contributed by atoms with van der Waals surface area (Å²) in [7, 11) is 6.90. The fraction of sp³-hybridized carbons (Fsp3) is 0.227. The highest BCUT2D eigenvalue weighted by Crippen LogP contribution is 2.31. The highest BCUT2D eigenvalue weighted by atomic mass is 16.5. The smallest absolute Gasteiger partial charge is 0.259 e. The first-order valence-electron chi connectivity index (χ1n) is 9.33. The molecule has 0 aliphatic carbocycles. The molecular weight excluding hydrogens is 382 g/mol. The summed E-state index contributed by atoms with van der Waals surface area (Å²) >= 11 is 0. The second-order valence-corrected chi connectivity index (χ2v) is 6.75. The number of ether oxygens (including phenoxy) is 2. The Balaban J connectivity index is 1.73. The van der Waals surface area contributed by atoms with Crippen molar-refractivity contribution in [2.24, 2.45) is 0 Å². The lowest BCUT2D eigenvalue weighted by Crippen LogP contribution is -2.13. The van der Waals surface area contributed by atoms with Crippen molar-refractivity contribution in [3.63, 3.8) is 0 Å². The number of aryl methyl sites for hydroxylation is 1. The Labute approximate surface area is 175 Å². The fourth-order valence-corrected chi connectivity index (χ4v) is 2.89. The molecule has 0 radical (unpaired) electrons. The highest BCUT2D eigenvalue weighted by molar-refractivity contribution is 6.06. The van der Waals surface area contributed by atoms with Gasteiger partial charge in [-0.2, -0.15) is 0 Å². The van der Waals surface area contributed by atoms with Gasteiger partial charge in [0.25, 0.3) is 5.91 Å². The second kappa shape index (κ2) is 9.13. The van der Waals surface area contributed by atoms with E-state index < -0.39 is 0 Å². The molecule has 2 aromatic carbocycles. The molecular formula is C22H25N5O3. The van der Waals surface area contributed by atoms with E-state index in [0.717, 1.165) is 11.5 Å². The number of hydrogen-bond donors (Lipinski definition) is 2. The minimum Gasteiger partial charge on any atom is -0.493 e. The van der Waals surface area contributed by atoms with Crippen molar-refractivity contribution in [2.75, 3.05) is 43.8 Å². The van der Waals surface area contributed by atoms with Crippen molar-refractivity contribution in [1.29, 1.82) is 0 Å². The predicted octanol–water partition coefficient (Wildman–Crippen LogP) is 3.86. The van der Waals surface area contributed by atoms with Crippen molar-refractivity contribution in [2.45, 2.75) is 6.92 Å². The summed E-state index contributed by atoms with van der Waals surface area (Å²) < 4.78 is 10.6. The summed E-state index contributed by atoms with van der Waals surface area (Å²) in [6.45, 7) is 1.85. The van der Waals surface area contributed by atoms with Gasteiger partial charge in [0.2, 0.25) is 0 Å². The number of nitrogens with zero attached hydrogens (tertiary/aromatic N) is 3. The number of carbonyl (C=O) groups is 1. The van der Waals surface area contributed by atoms with Crippen molar-refractivity contribution in [3.05, 3.63) is 59.9 Å². The second-order valence-electron chi connectivity index (χ2n) is 6.75. The summed E-state index contributed by atoms with van der Waals surface area (Å²) in [4.78, 5) is 23.4.